The molecule has 0 aliphatic carbocycles. The second-order valence-electron chi connectivity index (χ2n) is 2.77. The monoisotopic (exact) mass is 200 g/mol. The van der Waals surface area contributed by atoms with Crippen LogP contribution in [0.3, 0.4) is 0 Å². The highest BCUT2D eigenvalue weighted by molar-refractivity contribution is 6.31. The second-order valence-corrected chi connectivity index (χ2v) is 3.18. The number of hydrogen-bond donors (Lipinski definition) is 1. The summed E-state index contributed by atoms with van der Waals surface area (Å²) < 4.78 is 4.93. The molecule has 0 amide bonds. The quantitative estimate of drug-likeness (QED) is 0.814. The van der Waals surface area contributed by atoms with Crippen molar-refractivity contribution in [3.05, 3.63) is 22.8 Å². The average molecular weight is 201 g/mol. The fourth-order valence-corrected chi connectivity index (χ4v) is 1.28. The molecule has 0 aromatic carbocycles. The van der Waals surface area contributed by atoms with Gasteiger partial charge in [-0.05, 0) is 18.1 Å². The van der Waals surface area contributed by atoms with Crippen LogP contribution in [0.2, 0.25) is 5.02 Å². The van der Waals surface area contributed by atoms with E-state index in [1.165, 1.54) is 7.11 Å². The van der Waals surface area contributed by atoms with Gasteiger partial charge in [0.05, 0.1) is 7.11 Å². The Labute approximate surface area is 82.9 Å². The van der Waals surface area contributed by atoms with Crippen LogP contribution in [0.4, 0.5) is 0 Å². The summed E-state index contributed by atoms with van der Waals surface area (Å²) in [6, 6.07) is 1.79. The number of hydrogen-bond acceptors (Lipinski definition) is 3. The minimum atomic E-state index is -0.00379. The lowest BCUT2D eigenvalue weighted by atomic mass is 10.1. The molecule has 0 aliphatic heterocycles. The first-order valence-corrected chi connectivity index (χ1v) is 4.51. The fourth-order valence-electron chi connectivity index (χ4n) is 1.03. The fraction of sp³-hybridized carbons (Fsp3) is 0.444. The Balaban J connectivity index is 2.95. The molecule has 0 bridgehead atoms. The van der Waals surface area contributed by atoms with Gasteiger partial charge in [0.15, 0.2) is 0 Å². The van der Waals surface area contributed by atoms with Gasteiger partial charge in [-0.3, -0.25) is 0 Å². The Morgan fingerprint density at radius 1 is 1.69 bits per heavy atom. The molecule has 1 aromatic heterocycles. The van der Waals surface area contributed by atoms with E-state index in [9.17, 15) is 0 Å². The van der Waals surface area contributed by atoms with E-state index in [0.717, 1.165) is 12.0 Å². The third-order valence-electron chi connectivity index (χ3n) is 1.89. The van der Waals surface area contributed by atoms with E-state index in [1.807, 2.05) is 6.92 Å². The van der Waals surface area contributed by atoms with Gasteiger partial charge in [0.1, 0.15) is 5.02 Å². The van der Waals surface area contributed by atoms with E-state index in [0.29, 0.717) is 10.9 Å². The molecular formula is C9H13ClN2O. The van der Waals surface area contributed by atoms with Crippen molar-refractivity contribution in [2.24, 2.45) is 5.73 Å². The van der Waals surface area contributed by atoms with Crippen LogP contribution < -0.4 is 10.5 Å². The molecule has 0 saturated heterocycles. The highest BCUT2D eigenvalue weighted by Crippen LogP contribution is 2.24. The van der Waals surface area contributed by atoms with E-state index in [4.69, 9.17) is 22.1 Å². The summed E-state index contributed by atoms with van der Waals surface area (Å²) >= 11 is 5.89. The van der Waals surface area contributed by atoms with Crippen LogP contribution in [0.1, 0.15) is 24.9 Å². The minimum absolute atomic E-state index is 0.00379. The SMILES string of the molecule is CC[C@H](N)c1cnc(OC)c(Cl)c1. The summed E-state index contributed by atoms with van der Waals surface area (Å²) in [7, 11) is 1.54. The first-order valence-electron chi connectivity index (χ1n) is 4.14. The Morgan fingerprint density at radius 3 is 2.85 bits per heavy atom. The predicted octanol–water partition coefficient (Wildman–Crippen LogP) is 2.15. The molecule has 3 nitrogen and oxygen atoms in total. The van der Waals surface area contributed by atoms with Crippen molar-refractivity contribution in [2.45, 2.75) is 19.4 Å². The number of aromatic nitrogens is 1. The zero-order valence-electron chi connectivity index (χ0n) is 7.75. The van der Waals surface area contributed by atoms with Crippen molar-refractivity contribution in [1.82, 2.24) is 4.98 Å². The van der Waals surface area contributed by atoms with Crippen molar-refractivity contribution in [2.75, 3.05) is 7.11 Å². The Hall–Kier alpha value is -0.800. The van der Waals surface area contributed by atoms with Gasteiger partial charge < -0.3 is 10.5 Å². The van der Waals surface area contributed by atoms with Crippen LogP contribution in [0.15, 0.2) is 12.3 Å². The third-order valence-corrected chi connectivity index (χ3v) is 2.16. The number of methoxy groups -OCH3 is 1. The van der Waals surface area contributed by atoms with Gasteiger partial charge in [0.25, 0.3) is 0 Å². The van der Waals surface area contributed by atoms with Crippen molar-refractivity contribution in [3.8, 4) is 5.88 Å². The number of nitrogens with zero attached hydrogens (tertiary/aromatic N) is 1. The van der Waals surface area contributed by atoms with Gasteiger partial charge in [-0.25, -0.2) is 4.98 Å². The second kappa shape index (κ2) is 4.44. The molecule has 1 heterocycles. The first kappa shape index (κ1) is 10.3. The molecule has 4 heteroatoms. The van der Waals surface area contributed by atoms with Gasteiger partial charge in [0, 0.05) is 12.2 Å². The lowest BCUT2D eigenvalue weighted by molar-refractivity contribution is 0.397. The molecule has 0 fully saturated rings. The lowest BCUT2D eigenvalue weighted by Crippen LogP contribution is -2.09. The number of rotatable bonds is 3. The summed E-state index contributed by atoms with van der Waals surface area (Å²) in [6.07, 6.45) is 2.56. The third kappa shape index (κ3) is 2.32. The van der Waals surface area contributed by atoms with Crippen molar-refractivity contribution in [1.29, 1.82) is 0 Å². The maximum Gasteiger partial charge on any atom is 0.232 e. The van der Waals surface area contributed by atoms with E-state index >= 15 is 0 Å². The highest BCUT2D eigenvalue weighted by atomic mass is 35.5. The summed E-state index contributed by atoms with van der Waals surface area (Å²) in [6.45, 7) is 2.02. The van der Waals surface area contributed by atoms with E-state index < -0.39 is 0 Å². The van der Waals surface area contributed by atoms with Gasteiger partial charge in [-0.15, -0.1) is 0 Å². The van der Waals surface area contributed by atoms with Crippen LogP contribution in [-0.2, 0) is 0 Å². The molecule has 72 valence electrons. The zero-order chi connectivity index (χ0) is 9.84. The Morgan fingerprint density at radius 2 is 2.38 bits per heavy atom. The van der Waals surface area contributed by atoms with Crippen LogP contribution in [0.25, 0.3) is 0 Å². The summed E-state index contributed by atoms with van der Waals surface area (Å²) in [4.78, 5) is 4.03. The van der Waals surface area contributed by atoms with Gasteiger partial charge >= 0.3 is 0 Å². The van der Waals surface area contributed by atoms with E-state index in [2.05, 4.69) is 4.98 Å². The Bertz CT molecular complexity index is 291. The number of pyridine rings is 1. The molecule has 2 N–H and O–H groups in total. The molecule has 1 rings (SSSR count). The molecule has 0 spiro atoms. The number of halogens is 1. The smallest absolute Gasteiger partial charge is 0.232 e. The van der Waals surface area contributed by atoms with Gasteiger partial charge in [-0.2, -0.15) is 0 Å². The highest BCUT2D eigenvalue weighted by Gasteiger charge is 2.07. The van der Waals surface area contributed by atoms with Gasteiger partial charge in [-0.1, -0.05) is 18.5 Å². The van der Waals surface area contributed by atoms with Crippen molar-refractivity contribution in [3.63, 3.8) is 0 Å². The van der Waals surface area contributed by atoms with E-state index in [1.54, 1.807) is 12.3 Å². The maximum absolute atomic E-state index is 5.89. The molecular weight excluding hydrogens is 188 g/mol. The maximum atomic E-state index is 5.89. The lowest BCUT2D eigenvalue weighted by Gasteiger charge is -2.09. The number of nitrogens with two attached hydrogens (primary N) is 1. The summed E-state index contributed by atoms with van der Waals surface area (Å²) in [5.74, 6) is 0.439. The number of ether oxygens (including phenoxy) is 1. The summed E-state index contributed by atoms with van der Waals surface area (Å²) in [5, 5.41) is 0.504. The van der Waals surface area contributed by atoms with Crippen molar-refractivity contribution >= 4 is 11.6 Å². The molecule has 1 atom stereocenters. The van der Waals surface area contributed by atoms with Crippen LogP contribution in [-0.4, -0.2) is 12.1 Å². The minimum Gasteiger partial charge on any atom is -0.480 e. The van der Waals surface area contributed by atoms with Crippen molar-refractivity contribution < 1.29 is 4.74 Å². The zero-order valence-corrected chi connectivity index (χ0v) is 8.51. The molecule has 13 heavy (non-hydrogen) atoms. The molecule has 1 aromatic rings. The summed E-state index contributed by atoms with van der Waals surface area (Å²) in [5.41, 5.74) is 6.75. The standard InChI is InChI=1S/C9H13ClN2O/c1-3-8(11)6-4-7(10)9(13-2)12-5-6/h4-5,8H,3,11H2,1-2H3/t8-/m0/s1. The first-order chi connectivity index (χ1) is 6.19. The predicted molar refractivity (Wildman–Crippen MR) is 53.0 cm³/mol. The molecule has 0 saturated carbocycles. The topological polar surface area (TPSA) is 48.1 Å². The van der Waals surface area contributed by atoms with Crippen LogP contribution in [0, 0.1) is 0 Å². The average Bonchev–Trinajstić information content (AvgIpc) is 2.16. The molecule has 0 aliphatic rings. The van der Waals surface area contributed by atoms with Crippen LogP contribution >= 0.6 is 11.6 Å². The molecule has 0 unspecified atom stereocenters. The Kier molecular flexibility index (Phi) is 3.51. The van der Waals surface area contributed by atoms with Gasteiger partial charge in [0.2, 0.25) is 5.88 Å². The van der Waals surface area contributed by atoms with Crippen LogP contribution in [0.5, 0.6) is 5.88 Å². The molecule has 0 radical (unpaired) electrons. The normalized spacial score (nSPS) is 12.6. The van der Waals surface area contributed by atoms with E-state index in [-0.39, 0.29) is 6.04 Å². The largest absolute Gasteiger partial charge is 0.480 e.